The van der Waals surface area contributed by atoms with Crippen molar-refractivity contribution in [1.82, 2.24) is 15.6 Å². The number of nitrogens with zero attached hydrogens (tertiary/aromatic N) is 1. The van der Waals surface area contributed by atoms with Crippen LogP contribution in [0.2, 0.25) is 0 Å². The average Bonchev–Trinajstić information content (AvgIpc) is 2.88. The minimum atomic E-state index is 0.387. The Morgan fingerprint density at radius 3 is 3.19 bits per heavy atom. The van der Waals surface area contributed by atoms with Gasteiger partial charge in [0.05, 0.1) is 11.1 Å². The van der Waals surface area contributed by atoms with Gasteiger partial charge >= 0.3 is 0 Å². The zero-order valence-electron chi connectivity index (χ0n) is 9.82. The van der Waals surface area contributed by atoms with E-state index in [2.05, 4.69) is 15.6 Å². The minimum absolute atomic E-state index is 0.387. The van der Waals surface area contributed by atoms with Gasteiger partial charge in [-0.15, -0.1) is 11.3 Å². The number of hydrogen-bond acceptors (Lipinski definition) is 5. The molecule has 1 aromatic rings. The molecule has 0 bridgehead atoms. The highest BCUT2D eigenvalue weighted by Crippen LogP contribution is 2.12. The van der Waals surface area contributed by atoms with Crippen LogP contribution in [0.3, 0.4) is 0 Å². The van der Waals surface area contributed by atoms with E-state index in [1.165, 1.54) is 4.88 Å². The molecule has 1 saturated heterocycles. The number of hydrogen-bond donors (Lipinski definition) is 2. The number of rotatable bonds is 5. The minimum Gasteiger partial charge on any atom is -0.380 e. The zero-order valence-corrected chi connectivity index (χ0v) is 10.6. The largest absolute Gasteiger partial charge is 0.380 e. The van der Waals surface area contributed by atoms with Crippen molar-refractivity contribution in [2.75, 3.05) is 20.2 Å². The second kappa shape index (κ2) is 5.72. The zero-order chi connectivity index (χ0) is 11.4. The lowest BCUT2D eigenvalue weighted by Gasteiger charge is -2.10. The van der Waals surface area contributed by atoms with Gasteiger partial charge in [-0.25, -0.2) is 4.98 Å². The molecule has 90 valence electrons. The van der Waals surface area contributed by atoms with E-state index in [0.717, 1.165) is 31.1 Å². The molecule has 0 spiro atoms. The molecule has 2 atom stereocenters. The Labute approximate surface area is 100 Å². The molecule has 2 N–H and O–H groups in total. The fourth-order valence-electron chi connectivity index (χ4n) is 1.97. The first-order chi connectivity index (χ1) is 7.78. The fraction of sp³-hybridized carbons (Fsp3) is 0.727. The molecule has 0 saturated carbocycles. The molecular weight excluding hydrogens is 222 g/mol. The lowest BCUT2D eigenvalue weighted by molar-refractivity contribution is 0.117. The number of nitrogens with one attached hydrogen (secondary N) is 2. The Balaban J connectivity index is 1.65. The van der Waals surface area contributed by atoms with E-state index in [0.29, 0.717) is 12.1 Å². The first kappa shape index (κ1) is 12.0. The number of methoxy groups -OCH3 is 1. The third kappa shape index (κ3) is 3.25. The van der Waals surface area contributed by atoms with Gasteiger partial charge in [0.2, 0.25) is 0 Å². The highest BCUT2D eigenvalue weighted by molar-refractivity contribution is 7.11. The standard InChI is InChI=1S/C11H19N3OS/c1-8-13-7-11(16-8)6-12-4-9-3-10(15-2)5-14-9/h7,9-10,12,14H,3-6H2,1-2H3. The summed E-state index contributed by atoms with van der Waals surface area (Å²) >= 11 is 1.76. The van der Waals surface area contributed by atoms with E-state index in [-0.39, 0.29) is 0 Å². The van der Waals surface area contributed by atoms with E-state index < -0.39 is 0 Å². The second-order valence-electron chi connectivity index (χ2n) is 4.18. The molecule has 16 heavy (non-hydrogen) atoms. The van der Waals surface area contributed by atoms with Crippen molar-refractivity contribution in [2.24, 2.45) is 0 Å². The monoisotopic (exact) mass is 241 g/mol. The number of ether oxygens (including phenoxy) is 1. The number of thiazole rings is 1. The maximum Gasteiger partial charge on any atom is 0.0897 e. The molecule has 1 aliphatic heterocycles. The summed E-state index contributed by atoms with van der Waals surface area (Å²) in [4.78, 5) is 5.54. The van der Waals surface area contributed by atoms with Gasteiger partial charge in [0.15, 0.2) is 0 Å². The van der Waals surface area contributed by atoms with Crippen molar-refractivity contribution < 1.29 is 4.74 Å². The lowest BCUT2D eigenvalue weighted by atomic mass is 10.2. The number of aromatic nitrogens is 1. The van der Waals surface area contributed by atoms with Gasteiger partial charge in [-0.3, -0.25) is 0 Å². The summed E-state index contributed by atoms with van der Waals surface area (Å²) in [6, 6.07) is 0.541. The molecule has 0 radical (unpaired) electrons. The highest BCUT2D eigenvalue weighted by Gasteiger charge is 2.22. The van der Waals surface area contributed by atoms with Crippen LogP contribution < -0.4 is 10.6 Å². The molecule has 2 heterocycles. The highest BCUT2D eigenvalue weighted by atomic mass is 32.1. The third-order valence-electron chi connectivity index (χ3n) is 2.87. The van der Waals surface area contributed by atoms with Crippen molar-refractivity contribution in [1.29, 1.82) is 0 Å². The summed E-state index contributed by atoms with van der Waals surface area (Å²) in [6.07, 6.45) is 3.44. The van der Waals surface area contributed by atoms with Gasteiger partial charge in [0, 0.05) is 43.9 Å². The van der Waals surface area contributed by atoms with Crippen LogP contribution in [0.5, 0.6) is 0 Å². The van der Waals surface area contributed by atoms with Crippen molar-refractivity contribution in [3.63, 3.8) is 0 Å². The van der Waals surface area contributed by atoms with Crippen LogP contribution in [0, 0.1) is 6.92 Å². The molecule has 2 unspecified atom stereocenters. The lowest BCUT2D eigenvalue weighted by Crippen LogP contribution is -2.33. The van der Waals surface area contributed by atoms with E-state index in [1.54, 1.807) is 18.4 Å². The maximum atomic E-state index is 5.31. The van der Waals surface area contributed by atoms with Crippen LogP contribution in [0.25, 0.3) is 0 Å². The Kier molecular flexibility index (Phi) is 4.29. The molecule has 0 amide bonds. The summed E-state index contributed by atoms with van der Waals surface area (Å²) in [6.45, 7) is 4.93. The normalized spacial score (nSPS) is 25.1. The van der Waals surface area contributed by atoms with Crippen molar-refractivity contribution >= 4 is 11.3 Å². The first-order valence-electron chi connectivity index (χ1n) is 5.66. The van der Waals surface area contributed by atoms with Crippen LogP contribution in [0.1, 0.15) is 16.3 Å². The van der Waals surface area contributed by atoms with Crippen LogP contribution in [-0.2, 0) is 11.3 Å². The SMILES string of the molecule is COC1CNC(CNCc2cnc(C)s2)C1. The fourth-order valence-corrected chi connectivity index (χ4v) is 2.74. The molecule has 0 aliphatic carbocycles. The van der Waals surface area contributed by atoms with Gasteiger partial charge < -0.3 is 15.4 Å². The Morgan fingerprint density at radius 1 is 1.69 bits per heavy atom. The van der Waals surface area contributed by atoms with Crippen molar-refractivity contribution in [2.45, 2.75) is 32.0 Å². The second-order valence-corrected chi connectivity index (χ2v) is 5.49. The molecule has 2 rings (SSSR count). The Bertz CT molecular complexity index is 329. The van der Waals surface area contributed by atoms with E-state index in [9.17, 15) is 0 Å². The van der Waals surface area contributed by atoms with Gasteiger partial charge in [-0.2, -0.15) is 0 Å². The quantitative estimate of drug-likeness (QED) is 0.804. The molecule has 5 heteroatoms. The van der Waals surface area contributed by atoms with Gasteiger partial charge in [-0.05, 0) is 13.3 Å². The molecular formula is C11H19N3OS. The Hall–Kier alpha value is -0.490. The van der Waals surface area contributed by atoms with Crippen LogP contribution in [0.4, 0.5) is 0 Å². The van der Waals surface area contributed by atoms with Gasteiger partial charge in [0.25, 0.3) is 0 Å². The van der Waals surface area contributed by atoms with Gasteiger partial charge in [0.1, 0.15) is 0 Å². The van der Waals surface area contributed by atoms with Crippen molar-refractivity contribution in [3.05, 3.63) is 16.1 Å². The third-order valence-corrected chi connectivity index (χ3v) is 3.79. The molecule has 1 fully saturated rings. The summed E-state index contributed by atoms with van der Waals surface area (Å²) < 4.78 is 5.31. The molecule has 0 aromatic carbocycles. The maximum absolute atomic E-state index is 5.31. The van der Waals surface area contributed by atoms with Crippen LogP contribution >= 0.6 is 11.3 Å². The Morgan fingerprint density at radius 2 is 2.56 bits per heavy atom. The van der Waals surface area contributed by atoms with Crippen LogP contribution in [0.15, 0.2) is 6.20 Å². The molecule has 1 aliphatic rings. The molecule has 1 aromatic heterocycles. The van der Waals surface area contributed by atoms with E-state index in [1.807, 2.05) is 13.1 Å². The first-order valence-corrected chi connectivity index (χ1v) is 6.48. The molecule has 4 nitrogen and oxygen atoms in total. The summed E-state index contributed by atoms with van der Waals surface area (Å²) in [5.74, 6) is 0. The van der Waals surface area contributed by atoms with Crippen molar-refractivity contribution in [3.8, 4) is 0 Å². The predicted octanol–water partition coefficient (Wildman–Crippen LogP) is 0.918. The number of aryl methyl sites for hydroxylation is 1. The van der Waals surface area contributed by atoms with E-state index in [4.69, 9.17) is 4.74 Å². The summed E-state index contributed by atoms with van der Waals surface area (Å²) in [5.41, 5.74) is 0. The smallest absolute Gasteiger partial charge is 0.0897 e. The van der Waals surface area contributed by atoms with E-state index >= 15 is 0 Å². The van der Waals surface area contributed by atoms with Gasteiger partial charge in [-0.1, -0.05) is 0 Å². The van der Waals surface area contributed by atoms with Crippen LogP contribution in [-0.4, -0.2) is 37.3 Å². The topological polar surface area (TPSA) is 46.2 Å². The predicted molar refractivity (Wildman–Crippen MR) is 65.8 cm³/mol. The summed E-state index contributed by atoms with van der Waals surface area (Å²) in [5, 5.41) is 8.04. The average molecular weight is 241 g/mol. The summed E-state index contributed by atoms with van der Waals surface area (Å²) in [7, 11) is 1.78.